The lowest BCUT2D eigenvalue weighted by atomic mass is 10.1. The SMILES string of the molecule is CN(C)Cc1cccc(CN(C)C)c1PCl. The van der Waals surface area contributed by atoms with E-state index in [4.69, 9.17) is 11.2 Å². The summed E-state index contributed by atoms with van der Waals surface area (Å²) < 4.78 is 0. The number of hydrogen-bond acceptors (Lipinski definition) is 2. The van der Waals surface area contributed by atoms with E-state index >= 15 is 0 Å². The average molecular weight is 259 g/mol. The number of hydrogen-bond donors (Lipinski definition) is 0. The lowest BCUT2D eigenvalue weighted by molar-refractivity contribution is 0.398. The molecule has 0 fully saturated rings. The van der Waals surface area contributed by atoms with Crippen molar-refractivity contribution in [3.63, 3.8) is 0 Å². The van der Waals surface area contributed by atoms with Crippen LogP contribution in [0, 0.1) is 0 Å². The highest BCUT2D eigenvalue weighted by atomic mass is 35.7. The van der Waals surface area contributed by atoms with Crippen LogP contribution < -0.4 is 5.30 Å². The molecule has 90 valence electrons. The summed E-state index contributed by atoms with van der Waals surface area (Å²) in [4.78, 5) is 4.35. The Kier molecular flexibility index (Phi) is 5.71. The van der Waals surface area contributed by atoms with E-state index < -0.39 is 0 Å². The molecule has 0 N–H and O–H groups in total. The molecule has 1 aromatic carbocycles. The Bertz CT molecular complexity index is 312. The average Bonchev–Trinajstić information content (AvgIpc) is 2.16. The van der Waals surface area contributed by atoms with Crippen molar-refractivity contribution in [3.05, 3.63) is 29.3 Å². The first kappa shape index (κ1) is 13.9. The fourth-order valence-corrected chi connectivity index (χ4v) is 3.02. The Morgan fingerprint density at radius 3 is 1.75 bits per heavy atom. The minimum atomic E-state index is 0.346. The molecule has 0 heterocycles. The van der Waals surface area contributed by atoms with E-state index in [0.717, 1.165) is 13.1 Å². The van der Waals surface area contributed by atoms with Gasteiger partial charge in [-0.25, -0.2) is 0 Å². The lowest BCUT2D eigenvalue weighted by Crippen LogP contribution is -2.21. The third kappa shape index (κ3) is 4.03. The maximum atomic E-state index is 6.09. The second-order valence-electron chi connectivity index (χ2n) is 4.52. The summed E-state index contributed by atoms with van der Waals surface area (Å²) in [5, 5.41) is 1.31. The highest BCUT2D eigenvalue weighted by molar-refractivity contribution is 7.75. The van der Waals surface area contributed by atoms with Crippen molar-refractivity contribution in [1.29, 1.82) is 0 Å². The van der Waals surface area contributed by atoms with Crippen LogP contribution in [0.1, 0.15) is 11.1 Å². The number of benzene rings is 1. The first-order chi connectivity index (χ1) is 7.54. The van der Waals surface area contributed by atoms with Crippen LogP contribution in [-0.2, 0) is 13.1 Å². The smallest absolute Gasteiger partial charge is 0.0234 e. The monoisotopic (exact) mass is 258 g/mol. The molecule has 4 heteroatoms. The fraction of sp³-hybridized carbons (Fsp3) is 0.500. The van der Waals surface area contributed by atoms with Crippen LogP contribution >= 0.6 is 19.2 Å². The molecule has 0 radical (unpaired) electrons. The quantitative estimate of drug-likeness (QED) is 0.748. The highest BCUT2D eigenvalue weighted by Gasteiger charge is 2.08. The van der Waals surface area contributed by atoms with Gasteiger partial charge in [0.1, 0.15) is 0 Å². The number of rotatable bonds is 5. The Morgan fingerprint density at radius 1 is 1.00 bits per heavy atom. The summed E-state index contributed by atoms with van der Waals surface area (Å²) in [5.41, 5.74) is 2.69. The molecule has 0 aromatic heterocycles. The van der Waals surface area contributed by atoms with Gasteiger partial charge in [-0.3, -0.25) is 0 Å². The number of nitrogens with zero attached hydrogens (tertiary/aromatic N) is 2. The van der Waals surface area contributed by atoms with Crippen LogP contribution in [0.4, 0.5) is 0 Å². The van der Waals surface area contributed by atoms with Gasteiger partial charge in [-0.05, 0) is 44.6 Å². The van der Waals surface area contributed by atoms with Crippen molar-refractivity contribution in [3.8, 4) is 0 Å². The summed E-state index contributed by atoms with van der Waals surface area (Å²) in [6, 6.07) is 6.46. The molecule has 0 aliphatic heterocycles. The Morgan fingerprint density at radius 2 is 1.44 bits per heavy atom. The van der Waals surface area contributed by atoms with Gasteiger partial charge in [0, 0.05) is 21.0 Å². The molecule has 0 saturated heterocycles. The molecule has 1 aromatic rings. The van der Waals surface area contributed by atoms with Crippen LogP contribution in [0.3, 0.4) is 0 Å². The van der Waals surface area contributed by atoms with Gasteiger partial charge < -0.3 is 9.80 Å². The van der Waals surface area contributed by atoms with Gasteiger partial charge in [-0.2, -0.15) is 0 Å². The Hall–Kier alpha value is -0.140. The predicted octanol–water partition coefficient (Wildman–Crippen LogP) is 2.27. The van der Waals surface area contributed by atoms with Gasteiger partial charge >= 0.3 is 0 Å². The first-order valence-corrected chi connectivity index (χ1v) is 7.32. The molecule has 1 unspecified atom stereocenters. The molecule has 0 bridgehead atoms. The summed E-state index contributed by atoms with van der Waals surface area (Å²) in [5.74, 6) is 0. The zero-order chi connectivity index (χ0) is 12.1. The van der Waals surface area contributed by atoms with Crippen LogP contribution in [0.15, 0.2) is 18.2 Å². The summed E-state index contributed by atoms with van der Waals surface area (Å²) in [6.45, 7) is 1.91. The second-order valence-corrected chi connectivity index (χ2v) is 5.78. The summed E-state index contributed by atoms with van der Waals surface area (Å²) >= 11 is 6.09. The third-order valence-corrected chi connectivity index (χ3v) is 3.70. The maximum Gasteiger partial charge on any atom is 0.0234 e. The molecule has 0 aliphatic rings. The molecular formula is C12H20ClN2P. The van der Waals surface area contributed by atoms with Crippen LogP contribution in [0.25, 0.3) is 0 Å². The molecule has 0 saturated carbocycles. The largest absolute Gasteiger partial charge is 0.305 e. The third-order valence-electron chi connectivity index (χ3n) is 2.30. The predicted molar refractivity (Wildman–Crippen MR) is 75.0 cm³/mol. The molecule has 0 spiro atoms. The minimum Gasteiger partial charge on any atom is -0.305 e. The molecule has 0 amide bonds. The van der Waals surface area contributed by atoms with Crippen molar-refractivity contribution in [2.45, 2.75) is 13.1 Å². The number of halogens is 1. The molecule has 1 atom stereocenters. The highest BCUT2D eigenvalue weighted by Crippen LogP contribution is 2.22. The zero-order valence-corrected chi connectivity index (χ0v) is 12.2. The van der Waals surface area contributed by atoms with Gasteiger partial charge in [0.15, 0.2) is 0 Å². The molecule has 16 heavy (non-hydrogen) atoms. The van der Waals surface area contributed by atoms with Crippen molar-refractivity contribution in [1.82, 2.24) is 9.80 Å². The standard InChI is InChI=1S/C12H20ClN2P/c1-14(2)8-10-6-5-7-11(9-15(3)4)12(10)16-13/h5-7,16H,8-9H2,1-4H3. The normalized spacial score (nSPS) is 12.2. The maximum absolute atomic E-state index is 6.09. The van der Waals surface area contributed by atoms with E-state index in [9.17, 15) is 0 Å². The van der Waals surface area contributed by atoms with Gasteiger partial charge in [0.2, 0.25) is 0 Å². The van der Waals surface area contributed by atoms with Gasteiger partial charge in [0.25, 0.3) is 0 Å². The van der Waals surface area contributed by atoms with Crippen LogP contribution in [-0.4, -0.2) is 38.0 Å². The first-order valence-electron chi connectivity index (χ1n) is 5.31. The summed E-state index contributed by atoms with van der Waals surface area (Å²) in [6.07, 6.45) is 0. The van der Waals surface area contributed by atoms with E-state index in [0.29, 0.717) is 7.93 Å². The van der Waals surface area contributed by atoms with Crippen molar-refractivity contribution < 1.29 is 0 Å². The fourth-order valence-electron chi connectivity index (χ4n) is 1.72. The Balaban J connectivity index is 3.00. The van der Waals surface area contributed by atoms with Crippen molar-refractivity contribution >= 4 is 24.5 Å². The Labute approximate surface area is 105 Å². The molecule has 0 aliphatic carbocycles. The van der Waals surface area contributed by atoms with E-state index in [1.807, 2.05) is 0 Å². The topological polar surface area (TPSA) is 6.48 Å². The molecule has 1 rings (SSSR count). The molecule has 2 nitrogen and oxygen atoms in total. The van der Waals surface area contributed by atoms with Crippen molar-refractivity contribution in [2.24, 2.45) is 0 Å². The van der Waals surface area contributed by atoms with Gasteiger partial charge in [0.05, 0.1) is 0 Å². The van der Waals surface area contributed by atoms with Crippen LogP contribution in [0.2, 0.25) is 0 Å². The zero-order valence-electron chi connectivity index (χ0n) is 10.4. The second kappa shape index (κ2) is 6.56. The van der Waals surface area contributed by atoms with E-state index in [1.54, 1.807) is 0 Å². The van der Waals surface area contributed by atoms with Crippen molar-refractivity contribution in [2.75, 3.05) is 28.2 Å². The van der Waals surface area contributed by atoms with E-state index in [1.165, 1.54) is 16.4 Å². The van der Waals surface area contributed by atoms with Gasteiger partial charge in [-0.1, -0.05) is 29.4 Å². The minimum absolute atomic E-state index is 0.346. The molecular weight excluding hydrogens is 239 g/mol. The van der Waals surface area contributed by atoms with E-state index in [2.05, 4.69) is 56.2 Å². The van der Waals surface area contributed by atoms with E-state index in [-0.39, 0.29) is 0 Å². The summed E-state index contributed by atoms with van der Waals surface area (Å²) in [7, 11) is 8.68. The van der Waals surface area contributed by atoms with Crippen LogP contribution in [0.5, 0.6) is 0 Å². The lowest BCUT2D eigenvalue weighted by Gasteiger charge is -2.18. The van der Waals surface area contributed by atoms with Gasteiger partial charge in [-0.15, -0.1) is 0 Å².